The summed E-state index contributed by atoms with van der Waals surface area (Å²) in [7, 11) is -3.75. The number of carbonyl (C=O) groups is 1. The number of nitrogens with zero attached hydrogens (tertiary/aromatic N) is 3. The van der Waals surface area contributed by atoms with Crippen molar-refractivity contribution in [2.45, 2.75) is 18.0 Å². The lowest BCUT2D eigenvalue weighted by atomic mass is 10.1. The molecule has 2 fully saturated rings. The smallest absolute Gasteiger partial charge is 0.245 e. The van der Waals surface area contributed by atoms with Crippen molar-refractivity contribution in [1.29, 1.82) is 0 Å². The minimum Gasteiger partial charge on any atom is -0.379 e. The Kier molecular flexibility index (Phi) is 6.19. The fourth-order valence-electron chi connectivity index (χ4n) is 3.98. The molecule has 0 bridgehead atoms. The Morgan fingerprint density at radius 2 is 1.63 bits per heavy atom. The number of amides is 1. The second-order valence-electron chi connectivity index (χ2n) is 7.69. The van der Waals surface area contributed by atoms with Crippen LogP contribution in [0.15, 0.2) is 59.5 Å². The summed E-state index contributed by atoms with van der Waals surface area (Å²) >= 11 is 0. The lowest BCUT2D eigenvalue weighted by Gasteiger charge is -2.32. The third-order valence-electron chi connectivity index (χ3n) is 5.64. The Bertz CT molecular complexity index is 973. The summed E-state index contributed by atoms with van der Waals surface area (Å²) in [5, 5.41) is 0. The summed E-state index contributed by atoms with van der Waals surface area (Å²) in [5.74, 6) is -0.0626. The number of hydrogen-bond donors (Lipinski definition) is 0. The monoisotopic (exact) mass is 429 g/mol. The summed E-state index contributed by atoms with van der Waals surface area (Å²) in [6.45, 7) is 5.48. The average molecular weight is 430 g/mol. The second kappa shape index (κ2) is 8.85. The van der Waals surface area contributed by atoms with Gasteiger partial charge in [-0.15, -0.1) is 0 Å². The van der Waals surface area contributed by atoms with E-state index in [2.05, 4.69) is 4.90 Å². The molecule has 2 heterocycles. The Labute approximate surface area is 177 Å². The van der Waals surface area contributed by atoms with E-state index in [1.54, 1.807) is 29.2 Å². The zero-order valence-electron chi connectivity index (χ0n) is 17.1. The largest absolute Gasteiger partial charge is 0.379 e. The molecule has 0 aliphatic carbocycles. The summed E-state index contributed by atoms with van der Waals surface area (Å²) in [5.41, 5.74) is 1.79. The average Bonchev–Trinajstić information content (AvgIpc) is 3.22. The van der Waals surface area contributed by atoms with E-state index < -0.39 is 16.2 Å². The van der Waals surface area contributed by atoms with Crippen molar-refractivity contribution in [2.75, 3.05) is 45.9 Å². The molecule has 2 aromatic carbocycles. The van der Waals surface area contributed by atoms with Crippen LogP contribution in [0.2, 0.25) is 0 Å². The molecule has 0 spiro atoms. The van der Waals surface area contributed by atoms with Gasteiger partial charge in [0.25, 0.3) is 0 Å². The second-order valence-corrected chi connectivity index (χ2v) is 9.58. The van der Waals surface area contributed by atoms with Gasteiger partial charge in [0.1, 0.15) is 6.17 Å². The minimum atomic E-state index is -3.75. The quantitative estimate of drug-likeness (QED) is 0.726. The molecule has 30 heavy (non-hydrogen) atoms. The van der Waals surface area contributed by atoms with Gasteiger partial charge >= 0.3 is 0 Å². The van der Waals surface area contributed by atoms with Gasteiger partial charge in [0, 0.05) is 26.2 Å². The molecular formula is C22H27N3O4S. The lowest BCUT2D eigenvalue weighted by Crippen LogP contribution is -2.45. The van der Waals surface area contributed by atoms with Gasteiger partial charge in [0.2, 0.25) is 15.9 Å². The molecule has 160 valence electrons. The van der Waals surface area contributed by atoms with E-state index in [0.29, 0.717) is 32.8 Å². The van der Waals surface area contributed by atoms with Crippen LogP contribution < -0.4 is 0 Å². The van der Waals surface area contributed by atoms with E-state index in [9.17, 15) is 13.2 Å². The zero-order valence-corrected chi connectivity index (χ0v) is 17.9. The highest BCUT2D eigenvalue weighted by Gasteiger charge is 2.43. The maximum atomic E-state index is 13.4. The van der Waals surface area contributed by atoms with Gasteiger partial charge in [0.15, 0.2) is 0 Å². The third kappa shape index (κ3) is 4.27. The number of ether oxygens (including phenoxy) is 1. The van der Waals surface area contributed by atoms with E-state index >= 15 is 0 Å². The predicted octanol–water partition coefficient (Wildman–Crippen LogP) is 1.86. The number of aryl methyl sites for hydroxylation is 1. The van der Waals surface area contributed by atoms with Gasteiger partial charge in [-0.05, 0) is 24.6 Å². The number of rotatable bonds is 5. The van der Waals surface area contributed by atoms with Gasteiger partial charge in [0.05, 0.1) is 24.7 Å². The lowest BCUT2D eigenvalue weighted by molar-refractivity contribution is -0.135. The highest BCUT2D eigenvalue weighted by molar-refractivity contribution is 7.89. The van der Waals surface area contributed by atoms with Crippen molar-refractivity contribution in [3.63, 3.8) is 0 Å². The molecule has 0 aromatic heterocycles. The molecule has 1 atom stereocenters. The van der Waals surface area contributed by atoms with Crippen LogP contribution in [0, 0.1) is 6.92 Å². The van der Waals surface area contributed by atoms with Crippen LogP contribution in [0.1, 0.15) is 17.3 Å². The maximum absolute atomic E-state index is 13.4. The molecule has 7 nitrogen and oxygen atoms in total. The zero-order chi connectivity index (χ0) is 21.1. The van der Waals surface area contributed by atoms with Crippen LogP contribution in [0.25, 0.3) is 0 Å². The van der Waals surface area contributed by atoms with Crippen molar-refractivity contribution >= 4 is 15.9 Å². The Balaban J connectivity index is 1.64. The first-order valence-electron chi connectivity index (χ1n) is 10.2. The van der Waals surface area contributed by atoms with Crippen molar-refractivity contribution < 1.29 is 17.9 Å². The van der Waals surface area contributed by atoms with Crippen LogP contribution in [0.5, 0.6) is 0 Å². The molecule has 0 radical (unpaired) electrons. The van der Waals surface area contributed by atoms with Gasteiger partial charge in [-0.1, -0.05) is 48.0 Å². The van der Waals surface area contributed by atoms with E-state index in [1.807, 2.05) is 37.3 Å². The molecule has 4 rings (SSSR count). The first-order valence-corrected chi connectivity index (χ1v) is 11.6. The van der Waals surface area contributed by atoms with E-state index in [-0.39, 0.29) is 23.9 Å². The molecule has 8 heteroatoms. The predicted molar refractivity (Wildman–Crippen MR) is 113 cm³/mol. The molecular weight excluding hydrogens is 402 g/mol. The summed E-state index contributed by atoms with van der Waals surface area (Å²) < 4.78 is 33.7. The van der Waals surface area contributed by atoms with E-state index in [0.717, 1.165) is 11.1 Å². The Morgan fingerprint density at radius 1 is 0.967 bits per heavy atom. The first kappa shape index (κ1) is 21.0. The first-order chi connectivity index (χ1) is 14.5. The number of morpholine rings is 1. The molecule has 1 amide bonds. The summed E-state index contributed by atoms with van der Waals surface area (Å²) in [6, 6.07) is 16.2. The SMILES string of the molecule is Cc1ccc(S(=O)(=O)N2CCN(C(=O)CN3CCOCC3)[C@@H]2c2ccccc2)cc1. The fourth-order valence-corrected chi connectivity index (χ4v) is 5.55. The minimum absolute atomic E-state index is 0.0626. The molecule has 2 aromatic rings. The van der Waals surface area contributed by atoms with Crippen LogP contribution in [0.3, 0.4) is 0 Å². The summed E-state index contributed by atoms with van der Waals surface area (Å²) in [4.78, 5) is 17.2. The van der Waals surface area contributed by atoms with Crippen molar-refractivity contribution in [3.05, 3.63) is 65.7 Å². The Hall–Kier alpha value is -2.26. The van der Waals surface area contributed by atoms with Crippen LogP contribution in [-0.2, 0) is 19.6 Å². The molecule has 0 N–H and O–H groups in total. The Morgan fingerprint density at radius 3 is 2.30 bits per heavy atom. The molecule has 2 aliphatic rings. The van der Waals surface area contributed by atoms with Crippen molar-refractivity contribution in [2.24, 2.45) is 0 Å². The van der Waals surface area contributed by atoms with Crippen LogP contribution >= 0.6 is 0 Å². The van der Waals surface area contributed by atoms with Crippen LogP contribution in [0.4, 0.5) is 0 Å². The van der Waals surface area contributed by atoms with Gasteiger partial charge in [-0.25, -0.2) is 8.42 Å². The van der Waals surface area contributed by atoms with Gasteiger partial charge in [-0.2, -0.15) is 4.31 Å². The fraction of sp³-hybridized carbons (Fsp3) is 0.409. The molecule has 2 aliphatic heterocycles. The normalized spacial score (nSPS) is 21.1. The molecule has 0 saturated carbocycles. The van der Waals surface area contributed by atoms with Crippen molar-refractivity contribution in [3.8, 4) is 0 Å². The molecule has 0 unspecified atom stereocenters. The number of hydrogen-bond acceptors (Lipinski definition) is 5. The number of sulfonamides is 1. The standard InChI is InChI=1S/C22H27N3O4S/c1-18-7-9-20(10-8-18)30(27,28)25-12-11-24(22(25)19-5-3-2-4-6-19)21(26)17-23-13-15-29-16-14-23/h2-10,22H,11-17H2,1H3/t22-/m0/s1. The topological polar surface area (TPSA) is 70.2 Å². The van der Waals surface area contributed by atoms with Crippen LogP contribution in [-0.4, -0.2) is 74.4 Å². The van der Waals surface area contributed by atoms with Crippen molar-refractivity contribution in [1.82, 2.24) is 14.1 Å². The maximum Gasteiger partial charge on any atom is 0.245 e. The van der Waals surface area contributed by atoms with Gasteiger partial charge in [-0.3, -0.25) is 9.69 Å². The van der Waals surface area contributed by atoms with E-state index in [1.165, 1.54) is 4.31 Å². The van der Waals surface area contributed by atoms with E-state index in [4.69, 9.17) is 4.74 Å². The third-order valence-corrected chi connectivity index (χ3v) is 7.51. The molecule has 2 saturated heterocycles. The summed E-state index contributed by atoms with van der Waals surface area (Å²) in [6.07, 6.45) is -0.647. The van der Waals surface area contributed by atoms with Gasteiger partial charge < -0.3 is 9.64 Å². The number of carbonyl (C=O) groups excluding carboxylic acids is 1. The number of benzene rings is 2. The highest BCUT2D eigenvalue weighted by Crippen LogP contribution is 2.35. The highest BCUT2D eigenvalue weighted by atomic mass is 32.2.